The molecule has 0 saturated carbocycles. The normalized spacial score (nSPS) is 10.1. The minimum atomic E-state index is -1.09. The van der Waals surface area contributed by atoms with Gasteiger partial charge in [0, 0.05) is 19.3 Å². The largest absolute Gasteiger partial charge is 0.477 e. The van der Waals surface area contributed by atoms with Crippen LogP contribution in [0.1, 0.15) is 24.3 Å². The van der Waals surface area contributed by atoms with Crippen molar-refractivity contribution in [3.63, 3.8) is 0 Å². The summed E-state index contributed by atoms with van der Waals surface area (Å²) in [5, 5.41) is 11.6. The average Bonchev–Trinajstić information content (AvgIpc) is 2.84. The quantitative estimate of drug-likeness (QED) is 0.745. The minimum absolute atomic E-state index is 0.0210. The van der Waals surface area contributed by atoms with E-state index >= 15 is 0 Å². The second-order valence-electron chi connectivity index (χ2n) is 4.19. The molecule has 0 aromatic carbocycles. The van der Waals surface area contributed by atoms with Gasteiger partial charge in [-0.1, -0.05) is 0 Å². The maximum absolute atomic E-state index is 12.1. The highest BCUT2D eigenvalue weighted by molar-refractivity contribution is 5.88. The third kappa shape index (κ3) is 4.11. The predicted octanol–water partition coefficient (Wildman–Crippen LogP) is 0.171. The van der Waals surface area contributed by atoms with E-state index in [1.165, 1.54) is 21.7 Å². The van der Waals surface area contributed by atoms with Crippen molar-refractivity contribution in [3.8, 4) is 0 Å². The SMILES string of the molecule is CCNC(=O)CN(CC)C(=O)Cn1cccc1C(=O)O. The fourth-order valence-electron chi connectivity index (χ4n) is 1.79. The minimum Gasteiger partial charge on any atom is -0.477 e. The van der Waals surface area contributed by atoms with Crippen molar-refractivity contribution in [1.82, 2.24) is 14.8 Å². The van der Waals surface area contributed by atoms with Gasteiger partial charge < -0.3 is 19.9 Å². The van der Waals surface area contributed by atoms with Crippen LogP contribution in [0.15, 0.2) is 18.3 Å². The summed E-state index contributed by atoms with van der Waals surface area (Å²) in [4.78, 5) is 35.9. The zero-order valence-electron chi connectivity index (χ0n) is 11.6. The van der Waals surface area contributed by atoms with Crippen molar-refractivity contribution < 1.29 is 19.5 Å². The number of hydrogen-bond donors (Lipinski definition) is 2. The lowest BCUT2D eigenvalue weighted by Crippen LogP contribution is -2.42. The number of carbonyl (C=O) groups excluding carboxylic acids is 2. The third-order valence-corrected chi connectivity index (χ3v) is 2.80. The number of carboxylic acid groups (broad SMARTS) is 1. The first kappa shape index (κ1) is 15.7. The monoisotopic (exact) mass is 281 g/mol. The van der Waals surface area contributed by atoms with Crippen LogP contribution in [0.5, 0.6) is 0 Å². The molecule has 0 aliphatic carbocycles. The van der Waals surface area contributed by atoms with E-state index in [2.05, 4.69) is 5.32 Å². The van der Waals surface area contributed by atoms with Gasteiger partial charge in [0.25, 0.3) is 0 Å². The highest BCUT2D eigenvalue weighted by Gasteiger charge is 2.17. The number of aromatic carboxylic acids is 1. The Bertz CT molecular complexity index is 496. The Morgan fingerprint density at radius 1 is 1.35 bits per heavy atom. The van der Waals surface area contributed by atoms with E-state index in [1.807, 2.05) is 0 Å². The van der Waals surface area contributed by atoms with Gasteiger partial charge in [0.2, 0.25) is 11.8 Å². The van der Waals surface area contributed by atoms with Crippen LogP contribution >= 0.6 is 0 Å². The van der Waals surface area contributed by atoms with Crippen LogP contribution < -0.4 is 5.32 Å². The van der Waals surface area contributed by atoms with Crippen LogP contribution in [0.25, 0.3) is 0 Å². The van der Waals surface area contributed by atoms with Gasteiger partial charge in [-0.15, -0.1) is 0 Å². The highest BCUT2D eigenvalue weighted by Crippen LogP contribution is 2.04. The standard InChI is InChI=1S/C13H19N3O4/c1-3-14-11(17)8-15(4-2)12(18)9-16-7-5-6-10(16)13(19)20/h5-7H,3-4,8-9H2,1-2H3,(H,14,17)(H,19,20). The predicted molar refractivity (Wildman–Crippen MR) is 72.3 cm³/mol. The molecule has 110 valence electrons. The molecule has 0 aliphatic rings. The van der Waals surface area contributed by atoms with E-state index < -0.39 is 5.97 Å². The van der Waals surface area contributed by atoms with Crippen molar-refractivity contribution in [3.05, 3.63) is 24.0 Å². The van der Waals surface area contributed by atoms with E-state index in [0.717, 1.165) is 0 Å². The molecule has 2 amide bonds. The summed E-state index contributed by atoms with van der Waals surface area (Å²) in [5.74, 6) is -1.61. The smallest absolute Gasteiger partial charge is 0.352 e. The van der Waals surface area contributed by atoms with Crippen LogP contribution in [0, 0.1) is 0 Å². The Kier molecular flexibility index (Phi) is 5.76. The Labute approximate surface area is 117 Å². The molecule has 0 aliphatic heterocycles. The van der Waals surface area contributed by atoms with Gasteiger partial charge in [0.1, 0.15) is 12.2 Å². The molecule has 0 spiro atoms. The maximum Gasteiger partial charge on any atom is 0.352 e. The van der Waals surface area contributed by atoms with Gasteiger partial charge >= 0.3 is 5.97 Å². The summed E-state index contributed by atoms with van der Waals surface area (Å²) >= 11 is 0. The van der Waals surface area contributed by atoms with Gasteiger partial charge in [-0.3, -0.25) is 9.59 Å². The lowest BCUT2D eigenvalue weighted by Gasteiger charge is -2.20. The molecule has 0 radical (unpaired) electrons. The molecule has 7 nitrogen and oxygen atoms in total. The van der Waals surface area contributed by atoms with Crippen LogP contribution in [-0.4, -0.2) is 52.0 Å². The number of carbonyl (C=O) groups is 3. The lowest BCUT2D eigenvalue weighted by atomic mass is 10.4. The van der Waals surface area contributed by atoms with E-state index in [-0.39, 0.29) is 30.6 Å². The molecule has 0 bridgehead atoms. The van der Waals surface area contributed by atoms with Crippen molar-refractivity contribution in [2.45, 2.75) is 20.4 Å². The number of likely N-dealkylation sites (N-methyl/N-ethyl adjacent to an activating group) is 2. The van der Waals surface area contributed by atoms with Crippen LogP contribution in [0.4, 0.5) is 0 Å². The number of carboxylic acids is 1. The Hall–Kier alpha value is -2.31. The van der Waals surface area contributed by atoms with E-state index in [4.69, 9.17) is 5.11 Å². The maximum atomic E-state index is 12.1. The van der Waals surface area contributed by atoms with Crippen LogP contribution in [0.2, 0.25) is 0 Å². The molecular formula is C13H19N3O4. The van der Waals surface area contributed by atoms with Crippen molar-refractivity contribution >= 4 is 17.8 Å². The van der Waals surface area contributed by atoms with Gasteiger partial charge in [-0.05, 0) is 26.0 Å². The average molecular weight is 281 g/mol. The zero-order valence-corrected chi connectivity index (χ0v) is 11.6. The van der Waals surface area contributed by atoms with Crippen LogP contribution in [0.3, 0.4) is 0 Å². The Balaban J connectivity index is 2.70. The molecule has 0 fully saturated rings. The summed E-state index contributed by atoms with van der Waals surface area (Å²) in [6.07, 6.45) is 1.53. The zero-order chi connectivity index (χ0) is 15.1. The fraction of sp³-hybridized carbons (Fsp3) is 0.462. The Morgan fingerprint density at radius 3 is 2.60 bits per heavy atom. The van der Waals surface area contributed by atoms with E-state index in [9.17, 15) is 14.4 Å². The first-order chi connectivity index (χ1) is 9.49. The molecule has 0 atom stereocenters. The first-order valence-electron chi connectivity index (χ1n) is 6.42. The third-order valence-electron chi connectivity index (χ3n) is 2.80. The molecule has 1 rings (SSSR count). The van der Waals surface area contributed by atoms with Gasteiger partial charge in [-0.2, -0.15) is 0 Å². The number of hydrogen-bond acceptors (Lipinski definition) is 3. The summed E-state index contributed by atoms with van der Waals surface area (Å²) < 4.78 is 1.35. The second-order valence-corrected chi connectivity index (χ2v) is 4.19. The van der Waals surface area contributed by atoms with E-state index in [1.54, 1.807) is 19.9 Å². The molecule has 1 aromatic heterocycles. The van der Waals surface area contributed by atoms with Crippen LogP contribution in [-0.2, 0) is 16.1 Å². The molecule has 20 heavy (non-hydrogen) atoms. The summed E-state index contributed by atoms with van der Waals surface area (Å²) in [5.41, 5.74) is 0.0485. The number of nitrogens with zero attached hydrogens (tertiary/aromatic N) is 2. The van der Waals surface area contributed by atoms with Gasteiger partial charge in [-0.25, -0.2) is 4.79 Å². The molecular weight excluding hydrogens is 262 g/mol. The summed E-state index contributed by atoms with van der Waals surface area (Å²) in [7, 11) is 0. The summed E-state index contributed by atoms with van der Waals surface area (Å²) in [6, 6.07) is 2.99. The van der Waals surface area contributed by atoms with Crippen molar-refractivity contribution in [1.29, 1.82) is 0 Å². The Morgan fingerprint density at radius 2 is 2.05 bits per heavy atom. The molecule has 7 heteroatoms. The van der Waals surface area contributed by atoms with Gasteiger partial charge in [0.15, 0.2) is 0 Å². The summed E-state index contributed by atoms with van der Waals surface area (Å²) in [6.45, 7) is 4.35. The molecule has 0 saturated heterocycles. The van der Waals surface area contributed by atoms with Crippen molar-refractivity contribution in [2.75, 3.05) is 19.6 Å². The molecule has 1 aromatic rings. The first-order valence-corrected chi connectivity index (χ1v) is 6.42. The number of rotatable bonds is 7. The van der Waals surface area contributed by atoms with Crippen molar-refractivity contribution in [2.24, 2.45) is 0 Å². The topological polar surface area (TPSA) is 91.6 Å². The van der Waals surface area contributed by atoms with Gasteiger partial charge in [0.05, 0.1) is 6.54 Å². The molecule has 1 heterocycles. The second kappa shape index (κ2) is 7.32. The fourth-order valence-corrected chi connectivity index (χ4v) is 1.79. The lowest BCUT2D eigenvalue weighted by molar-refractivity contribution is -0.136. The number of nitrogens with one attached hydrogen (secondary N) is 1. The highest BCUT2D eigenvalue weighted by atomic mass is 16.4. The number of amides is 2. The molecule has 0 unspecified atom stereocenters. The molecule has 2 N–H and O–H groups in total. The number of aromatic nitrogens is 1. The van der Waals surface area contributed by atoms with E-state index in [0.29, 0.717) is 13.1 Å².